The van der Waals surface area contributed by atoms with Gasteiger partial charge in [-0.25, -0.2) is 4.79 Å². The first-order valence-corrected chi connectivity index (χ1v) is 7.20. The molecule has 0 aliphatic carbocycles. The monoisotopic (exact) mass is 293 g/mol. The van der Waals surface area contributed by atoms with Crippen molar-refractivity contribution in [2.75, 3.05) is 54.4 Å². The van der Waals surface area contributed by atoms with Crippen LogP contribution in [0.25, 0.3) is 0 Å². The number of likely N-dealkylation sites (N-methyl/N-ethyl adjacent to an activating group) is 2. The molecule has 21 heavy (non-hydrogen) atoms. The molecule has 0 radical (unpaired) electrons. The number of rotatable bonds is 8. The zero-order valence-corrected chi connectivity index (χ0v) is 13.5. The van der Waals surface area contributed by atoms with Crippen molar-refractivity contribution in [1.29, 1.82) is 0 Å². The summed E-state index contributed by atoms with van der Waals surface area (Å²) in [7, 11) is 8.05. The Kier molecular flexibility index (Phi) is 7.71. The van der Waals surface area contributed by atoms with E-state index in [1.165, 1.54) is 0 Å². The van der Waals surface area contributed by atoms with Crippen LogP contribution in [0.1, 0.15) is 5.56 Å². The summed E-state index contributed by atoms with van der Waals surface area (Å²) in [5.41, 5.74) is 1.01. The molecule has 0 unspecified atom stereocenters. The summed E-state index contributed by atoms with van der Waals surface area (Å²) in [5.74, 6) is 0. The van der Waals surface area contributed by atoms with Crippen molar-refractivity contribution < 1.29 is 4.79 Å². The number of nitrogens with one attached hydrogen (secondary N) is 1. The summed E-state index contributed by atoms with van der Waals surface area (Å²) in [6.45, 7) is 3.66. The Morgan fingerprint density at radius 1 is 1.10 bits per heavy atom. The maximum absolute atomic E-state index is 12.3. The summed E-state index contributed by atoms with van der Waals surface area (Å²) < 4.78 is 0. The van der Waals surface area contributed by atoms with E-state index < -0.39 is 0 Å². The topological polar surface area (TPSA) is 51.7 Å². The third-order valence-corrected chi connectivity index (χ3v) is 3.09. The van der Waals surface area contributed by atoms with Gasteiger partial charge in [-0.3, -0.25) is 4.98 Å². The van der Waals surface area contributed by atoms with Gasteiger partial charge in [0.25, 0.3) is 0 Å². The van der Waals surface area contributed by atoms with Crippen LogP contribution in [0.2, 0.25) is 0 Å². The fourth-order valence-corrected chi connectivity index (χ4v) is 1.75. The van der Waals surface area contributed by atoms with Crippen LogP contribution in [0.5, 0.6) is 0 Å². The molecule has 1 heterocycles. The Bertz CT molecular complexity index is 396. The Hall–Kier alpha value is -1.66. The van der Waals surface area contributed by atoms with Gasteiger partial charge in [0.1, 0.15) is 0 Å². The van der Waals surface area contributed by atoms with E-state index in [1.807, 2.05) is 45.2 Å². The van der Waals surface area contributed by atoms with E-state index in [9.17, 15) is 4.79 Å². The molecule has 0 bridgehead atoms. The van der Waals surface area contributed by atoms with Crippen LogP contribution in [0.4, 0.5) is 4.79 Å². The lowest BCUT2D eigenvalue weighted by molar-refractivity contribution is 0.185. The van der Waals surface area contributed by atoms with Crippen LogP contribution in [0.3, 0.4) is 0 Å². The standard InChI is InChI=1S/C15H27N5O/c1-18(2)8-10-20(11-9-19(3)4)15(21)17-13-14-6-5-7-16-12-14/h5-7,12H,8-11,13H2,1-4H3,(H,17,21). The van der Waals surface area contributed by atoms with Gasteiger partial charge >= 0.3 is 6.03 Å². The van der Waals surface area contributed by atoms with Crippen molar-refractivity contribution in [2.24, 2.45) is 0 Å². The second-order valence-corrected chi connectivity index (χ2v) is 5.61. The maximum atomic E-state index is 12.3. The van der Waals surface area contributed by atoms with Crippen LogP contribution >= 0.6 is 0 Å². The lowest BCUT2D eigenvalue weighted by Gasteiger charge is -2.26. The number of carbonyl (C=O) groups excluding carboxylic acids is 1. The minimum Gasteiger partial charge on any atom is -0.334 e. The van der Waals surface area contributed by atoms with Crippen molar-refractivity contribution in [3.63, 3.8) is 0 Å². The lowest BCUT2D eigenvalue weighted by Crippen LogP contribution is -2.45. The Morgan fingerprint density at radius 2 is 1.71 bits per heavy atom. The molecule has 0 aliphatic rings. The third kappa shape index (κ3) is 7.63. The number of hydrogen-bond acceptors (Lipinski definition) is 4. The highest BCUT2D eigenvalue weighted by Gasteiger charge is 2.13. The second-order valence-electron chi connectivity index (χ2n) is 5.61. The van der Waals surface area contributed by atoms with Crippen molar-refractivity contribution >= 4 is 6.03 Å². The normalized spacial score (nSPS) is 11.0. The molecule has 118 valence electrons. The number of carbonyl (C=O) groups is 1. The van der Waals surface area contributed by atoms with Crippen LogP contribution in [0.15, 0.2) is 24.5 Å². The Morgan fingerprint density at radius 3 is 2.19 bits per heavy atom. The van der Waals surface area contributed by atoms with Gasteiger partial charge in [0.15, 0.2) is 0 Å². The Balaban J connectivity index is 2.48. The molecule has 0 saturated heterocycles. The minimum atomic E-state index is -0.0254. The van der Waals surface area contributed by atoms with E-state index >= 15 is 0 Å². The first-order valence-electron chi connectivity index (χ1n) is 7.20. The predicted molar refractivity (Wildman–Crippen MR) is 85.2 cm³/mol. The van der Waals surface area contributed by atoms with Gasteiger partial charge in [-0.05, 0) is 39.8 Å². The quantitative estimate of drug-likeness (QED) is 0.767. The number of aromatic nitrogens is 1. The highest BCUT2D eigenvalue weighted by Crippen LogP contribution is 1.97. The van der Waals surface area contributed by atoms with Crippen molar-refractivity contribution in [1.82, 2.24) is 25.0 Å². The van der Waals surface area contributed by atoms with Gasteiger partial charge < -0.3 is 20.0 Å². The smallest absolute Gasteiger partial charge is 0.317 e. The molecule has 1 rings (SSSR count). The Labute approximate surface area is 127 Å². The summed E-state index contributed by atoms with van der Waals surface area (Å²) in [6, 6.07) is 3.80. The second kappa shape index (κ2) is 9.31. The molecule has 0 aliphatic heterocycles. The summed E-state index contributed by atoms with van der Waals surface area (Å²) >= 11 is 0. The third-order valence-electron chi connectivity index (χ3n) is 3.09. The molecule has 1 N–H and O–H groups in total. The maximum Gasteiger partial charge on any atom is 0.317 e. The number of amides is 2. The number of pyridine rings is 1. The average molecular weight is 293 g/mol. The van der Waals surface area contributed by atoms with Gasteiger partial charge in [0.05, 0.1) is 0 Å². The summed E-state index contributed by atoms with van der Waals surface area (Å²) in [5, 5.41) is 2.96. The number of urea groups is 1. The number of nitrogens with zero attached hydrogens (tertiary/aromatic N) is 4. The molecule has 0 atom stereocenters. The first kappa shape index (κ1) is 17.4. The van der Waals surface area contributed by atoms with Gasteiger partial charge in [0.2, 0.25) is 0 Å². The molecule has 2 amide bonds. The van der Waals surface area contributed by atoms with E-state index in [4.69, 9.17) is 0 Å². The lowest BCUT2D eigenvalue weighted by atomic mass is 10.3. The van der Waals surface area contributed by atoms with E-state index in [0.717, 1.165) is 31.7 Å². The van der Waals surface area contributed by atoms with Crippen molar-refractivity contribution in [3.8, 4) is 0 Å². The molecule has 6 nitrogen and oxygen atoms in total. The highest BCUT2D eigenvalue weighted by molar-refractivity contribution is 5.74. The van der Waals surface area contributed by atoms with Gasteiger partial charge in [-0.1, -0.05) is 6.07 Å². The van der Waals surface area contributed by atoms with Gasteiger partial charge in [-0.15, -0.1) is 0 Å². The molecule has 0 fully saturated rings. The molecule has 0 saturated carbocycles. The first-order chi connectivity index (χ1) is 9.99. The van der Waals surface area contributed by atoms with Crippen LogP contribution in [0, 0.1) is 0 Å². The SMILES string of the molecule is CN(C)CCN(CCN(C)C)C(=O)NCc1cccnc1. The zero-order chi connectivity index (χ0) is 15.7. The highest BCUT2D eigenvalue weighted by atomic mass is 16.2. The fraction of sp³-hybridized carbons (Fsp3) is 0.600. The molecular weight excluding hydrogens is 266 g/mol. The average Bonchev–Trinajstić information content (AvgIpc) is 2.45. The number of hydrogen-bond donors (Lipinski definition) is 1. The van der Waals surface area contributed by atoms with Crippen molar-refractivity contribution in [3.05, 3.63) is 30.1 Å². The molecule has 0 spiro atoms. The zero-order valence-electron chi connectivity index (χ0n) is 13.5. The molecule has 0 aromatic carbocycles. The van der Waals surface area contributed by atoms with E-state index in [2.05, 4.69) is 20.1 Å². The largest absolute Gasteiger partial charge is 0.334 e. The molecular formula is C15H27N5O. The fourth-order valence-electron chi connectivity index (χ4n) is 1.75. The molecule has 6 heteroatoms. The van der Waals surface area contributed by atoms with E-state index in [1.54, 1.807) is 12.4 Å². The van der Waals surface area contributed by atoms with E-state index in [-0.39, 0.29) is 6.03 Å². The van der Waals surface area contributed by atoms with Crippen LogP contribution in [-0.2, 0) is 6.54 Å². The van der Waals surface area contributed by atoms with Crippen LogP contribution < -0.4 is 5.32 Å². The van der Waals surface area contributed by atoms with Crippen molar-refractivity contribution in [2.45, 2.75) is 6.54 Å². The summed E-state index contributed by atoms with van der Waals surface area (Å²) in [6.07, 6.45) is 3.50. The van der Waals surface area contributed by atoms with Crippen LogP contribution in [-0.4, -0.2) is 80.1 Å². The van der Waals surface area contributed by atoms with E-state index in [0.29, 0.717) is 6.54 Å². The predicted octanol–water partition coefficient (Wildman–Crippen LogP) is 0.716. The summed E-state index contributed by atoms with van der Waals surface area (Å²) in [4.78, 5) is 22.4. The van der Waals surface area contributed by atoms with Gasteiger partial charge in [0, 0.05) is 45.1 Å². The minimum absolute atomic E-state index is 0.0254. The van der Waals surface area contributed by atoms with Gasteiger partial charge in [-0.2, -0.15) is 0 Å². The molecule has 1 aromatic rings. The molecule has 1 aromatic heterocycles.